The van der Waals surface area contributed by atoms with Gasteiger partial charge in [-0.05, 0) is 62.8 Å². The van der Waals surface area contributed by atoms with Crippen molar-refractivity contribution in [3.63, 3.8) is 0 Å². The smallest absolute Gasteiger partial charge is 0.321 e. The van der Waals surface area contributed by atoms with E-state index in [2.05, 4.69) is 15.1 Å². The predicted molar refractivity (Wildman–Crippen MR) is 121 cm³/mol. The van der Waals surface area contributed by atoms with Crippen molar-refractivity contribution in [2.45, 2.75) is 44.2 Å². The number of halogens is 2. The summed E-state index contributed by atoms with van der Waals surface area (Å²) in [6.07, 6.45) is 5.37. The number of carbonyl (C=O) groups excluding carboxylic acids is 1. The van der Waals surface area contributed by atoms with Crippen LogP contribution >= 0.6 is 23.2 Å². The molecule has 1 aromatic rings. The van der Waals surface area contributed by atoms with E-state index in [0.29, 0.717) is 27.7 Å². The molecule has 1 unspecified atom stereocenters. The second kappa shape index (κ2) is 10.0. The van der Waals surface area contributed by atoms with E-state index in [-0.39, 0.29) is 12.1 Å². The standard InChI is InChI=1S/C22H32Cl2N4O2/c23-20-6-1-17(13-21(20)24)25-22(30)27-11-9-26(10-12-27)14-16-7-8-28(15-16)18-2-4-19(29)5-3-18/h1,6,13,16,18-19,29H,2-5,7-12,14-15H2,(H,25,30). The number of piperazine rings is 1. The lowest BCUT2D eigenvalue weighted by Crippen LogP contribution is -2.51. The first kappa shape index (κ1) is 22.2. The first-order valence-electron chi connectivity index (χ1n) is 11.1. The summed E-state index contributed by atoms with van der Waals surface area (Å²) in [6, 6.07) is 5.72. The minimum absolute atomic E-state index is 0.0789. The summed E-state index contributed by atoms with van der Waals surface area (Å²) in [5.41, 5.74) is 0.665. The van der Waals surface area contributed by atoms with Crippen LogP contribution in [0, 0.1) is 5.92 Å². The number of anilines is 1. The Kier molecular flexibility index (Phi) is 7.42. The largest absolute Gasteiger partial charge is 0.393 e. The van der Waals surface area contributed by atoms with E-state index in [1.54, 1.807) is 18.2 Å². The molecule has 6 nitrogen and oxygen atoms in total. The highest BCUT2D eigenvalue weighted by atomic mass is 35.5. The molecule has 2 saturated heterocycles. The van der Waals surface area contributed by atoms with Crippen molar-refractivity contribution in [2.24, 2.45) is 5.92 Å². The molecule has 1 saturated carbocycles. The Morgan fingerprint density at radius 3 is 2.43 bits per heavy atom. The molecule has 8 heteroatoms. The number of hydrogen-bond acceptors (Lipinski definition) is 4. The van der Waals surface area contributed by atoms with E-state index in [1.807, 2.05) is 4.90 Å². The van der Waals surface area contributed by atoms with E-state index in [9.17, 15) is 9.90 Å². The molecule has 3 aliphatic rings. The molecule has 1 aliphatic carbocycles. The number of rotatable bonds is 4. The van der Waals surface area contributed by atoms with Crippen LogP contribution in [0.25, 0.3) is 0 Å². The van der Waals surface area contributed by atoms with Crippen molar-refractivity contribution in [1.82, 2.24) is 14.7 Å². The fraction of sp³-hybridized carbons (Fsp3) is 0.682. The fourth-order valence-corrected chi connectivity index (χ4v) is 5.34. The molecular weight excluding hydrogens is 423 g/mol. The topological polar surface area (TPSA) is 59.1 Å². The molecule has 2 aliphatic heterocycles. The Labute approximate surface area is 189 Å². The van der Waals surface area contributed by atoms with Gasteiger partial charge < -0.3 is 20.2 Å². The van der Waals surface area contributed by atoms with Gasteiger partial charge in [-0.1, -0.05) is 23.2 Å². The summed E-state index contributed by atoms with van der Waals surface area (Å²) in [7, 11) is 0. The second-order valence-corrected chi connectivity index (χ2v) is 9.77. The predicted octanol–water partition coefficient (Wildman–Crippen LogP) is 3.77. The third-order valence-electron chi connectivity index (χ3n) is 6.85. The van der Waals surface area contributed by atoms with E-state index in [1.165, 1.54) is 19.5 Å². The normalized spacial score (nSPS) is 28.6. The van der Waals surface area contributed by atoms with Gasteiger partial charge in [0, 0.05) is 51.0 Å². The van der Waals surface area contributed by atoms with Crippen molar-refractivity contribution >= 4 is 34.9 Å². The highest BCUT2D eigenvalue weighted by Crippen LogP contribution is 2.29. The van der Waals surface area contributed by atoms with E-state index in [0.717, 1.165) is 58.4 Å². The van der Waals surface area contributed by atoms with Gasteiger partial charge in [-0.25, -0.2) is 4.79 Å². The molecule has 2 heterocycles. The molecular formula is C22H32Cl2N4O2. The van der Waals surface area contributed by atoms with Crippen LogP contribution < -0.4 is 5.32 Å². The maximum atomic E-state index is 12.6. The Hall–Kier alpha value is -1.05. The highest BCUT2D eigenvalue weighted by molar-refractivity contribution is 6.42. The monoisotopic (exact) mass is 454 g/mol. The third kappa shape index (κ3) is 5.60. The molecule has 0 radical (unpaired) electrons. The minimum Gasteiger partial charge on any atom is -0.393 e. The fourth-order valence-electron chi connectivity index (χ4n) is 5.04. The van der Waals surface area contributed by atoms with Crippen LogP contribution in [-0.4, -0.2) is 83.8 Å². The number of benzene rings is 1. The molecule has 0 aromatic heterocycles. The lowest BCUT2D eigenvalue weighted by molar-refractivity contribution is 0.0802. The number of aliphatic hydroxyl groups excluding tert-OH is 1. The Morgan fingerprint density at radius 2 is 1.73 bits per heavy atom. The number of amides is 2. The van der Waals surface area contributed by atoms with Crippen molar-refractivity contribution in [2.75, 3.05) is 51.1 Å². The van der Waals surface area contributed by atoms with Gasteiger partial charge in [-0.3, -0.25) is 4.90 Å². The molecule has 0 spiro atoms. The van der Waals surface area contributed by atoms with Gasteiger partial charge in [-0.15, -0.1) is 0 Å². The zero-order valence-corrected chi connectivity index (χ0v) is 18.9. The number of likely N-dealkylation sites (tertiary alicyclic amines) is 1. The first-order chi connectivity index (χ1) is 14.5. The summed E-state index contributed by atoms with van der Waals surface area (Å²) in [6.45, 7) is 6.81. The van der Waals surface area contributed by atoms with Crippen molar-refractivity contribution in [3.8, 4) is 0 Å². The second-order valence-electron chi connectivity index (χ2n) is 8.96. The molecule has 3 fully saturated rings. The summed E-state index contributed by atoms with van der Waals surface area (Å²) in [4.78, 5) is 19.6. The van der Waals surface area contributed by atoms with Crippen LogP contribution in [0.5, 0.6) is 0 Å². The molecule has 1 atom stereocenters. The number of aliphatic hydroxyl groups is 1. The lowest BCUT2D eigenvalue weighted by Gasteiger charge is -2.36. The van der Waals surface area contributed by atoms with Crippen LogP contribution in [0.15, 0.2) is 18.2 Å². The van der Waals surface area contributed by atoms with Gasteiger partial charge >= 0.3 is 6.03 Å². The van der Waals surface area contributed by atoms with E-state index < -0.39 is 0 Å². The Morgan fingerprint density at radius 1 is 1.00 bits per heavy atom. The Balaban J connectivity index is 1.18. The molecule has 1 aromatic carbocycles. The summed E-state index contributed by atoms with van der Waals surface area (Å²) in [5.74, 6) is 0.716. The summed E-state index contributed by atoms with van der Waals surface area (Å²) in [5, 5.41) is 13.6. The molecule has 2 amide bonds. The van der Waals surface area contributed by atoms with Gasteiger partial charge in [0.25, 0.3) is 0 Å². The van der Waals surface area contributed by atoms with Crippen LogP contribution in [-0.2, 0) is 0 Å². The SMILES string of the molecule is O=C(Nc1ccc(Cl)c(Cl)c1)N1CCN(CC2CCN(C3CCC(O)CC3)C2)CC1. The molecule has 4 rings (SSSR count). The van der Waals surface area contributed by atoms with E-state index in [4.69, 9.17) is 23.2 Å². The number of urea groups is 1. The summed E-state index contributed by atoms with van der Waals surface area (Å²) < 4.78 is 0. The van der Waals surface area contributed by atoms with Gasteiger partial charge in [0.15, 0.2) is 0 Å². The number of nitrogens with one attached hydrogen (secondary N) is 1. The van der Waals surface area contributed by atoms with Crippen LogP contribution in [0.4, 0.5) is 10.5 Å². The number of nitrogens with zero attached hydrogens (tertiary/aromatic N) is 3. The maximum absolute atomic E-state index is 12.6. The van der Waals surface area contributed by atoms with Gasteiger partial charge in [0.2, 0.25) is 0 Å². The van der Waals surface area contributed by atoms with Gasteiger partial charge in [-0.2, -0.15) is 0 Å². The van der Waals surface area contributed by atoms with Crippen LogP contribution in [0.1, 0.15) is 32.1 Å². The zero-order chi connectivity index (χ0) is 21.1. The average molecular weight is 455 g/mol. The van der Waals surface area contributed by atoms with Crippen LogP contribution in [0.3, 0.4) is 0 Å². The highest BCUT2D eigenvalue weighted by Gasteiger charge is 2.32. The van der Waals surface area contributed by atoms with Gasteiger partial charge in [0.05, 0.1) is 16.1 Å². The third-order valence-corrected chi connectivity index (χ3v) is 7.59. The van der Waals surface area contributed by atoms with Crippen molar-refractivity contribution in [3.05, 3.63) is 28.2 Å². The maximum Gasteiger partial charge on any atom is 0.321 e. The quantitative estimate of drug-likeness (QED) is 0.726. The zero-order valence-electron chi connectivity index (χ0n) is 17.4. The molecule has 30 heavy (non-hydrogen) atoms. The molecule has 2 N–H and O–H groups in total. The van der Waals surface area contributed by atoms with Crippen molar-refractivity contribution in [1.29, 1.82) is 0 Å². The average Bonchev–Trinajstić information content (AvgIpc) is 3.20. The number of carbonyl (C=O) groups is 1. The minimum atomic E-state index is -0.0837. The van der Waals surface area contributed by atoms with Gasteiger partial charge in [0.1, 0.15) is 0 Å². The number of hydrogen-bond donors (Lipinski definition) is 2. The van der Waals surface area contributed by atoms with E-state index >= 15 is 0 Å². The molecule has 0 bridgehead atoms. The Bertz CT molecular complexity index is 734. The first-order valence-corrected chi connectivity index (χ1v) is 11.9. The van der Waals surface area contributed by atoms with Crippen LogP contribution in [0.2, 0.25) is 10.0 Å². The summed E-state index contributed by atoms with van der Waals surface area (Å²) >= 11 is 12.0. The molecule has 166 valence electrons. The lowest BCUT2D eigenvalue weighted by atomic mass is 9.92. The van der Waals surface area contributed by atoms with Crippen molar-refractivity contribution < 1.29 is 9.90 Å².